The van der Waals surface area contributed by atoms with Gasteiger partial charge in [-0.3, -0.25) is 4.79 Å². The molecule has 2 saturated heterocycles. The molecule has 5 rings (SSSR count). The van der Waals surface area contributed by atoms with Crippen LogP contribution in [0.2, 0.25) is 0 Å². The second kappa shape index (κ2) is 14.3. The first-order chi connectivity index (χ1) is 20.9. The van der Waals surface area contributed by atoms with Gasteiger partial charge in [0.05, 0.1) is 24.6 Å². The van der Waals surface area contributed by atoms with Crippen LogP contribution in [0, 0.1) is 5.82 Å². The summed E-state index contributed by atoms with van der Waals surface area (Å²) >= 11 is 0. The molecule has 0 atom stereocenters. The molecule has 10 heteroatoms. The van der Waals surface area contributed by atoms with Gasteiger partial charge in [0.2, 0.25) is 5.91 Å². The van der Waals surface area contributed by atoms with E-state index in [-0.39, 0.29) is 17.8 Å². The molecule has 0 bridgehead atoms. The molecule has 3 aromatic carbocycles. The lowest BCUT2D eigenvalue weighted by Gasteiger charge is -2.38. The van der Waals surface area contributed by atoms with Crippen molar-refractivity contribution in [3.8, 4) is 11.1 Å². The number of piperazine rings is 1. The second-order valence-electron chi connectivity index (χ2n) is 11.0. The van der Waals surface area contributed by atoms with Gasteiger partial charge in [-0.15, -0.1) is 0 Å². The van der Waals surface area contributed by atoms with Crippen molar-refractivity contribution in [3.05, 3.63) is 78.1 Å². The van der Waals surface area contributed by atoms with Gasteiger partial charge in [-0.1, -0.05) is 24.3 Å². The number of nitrogens with two attached hydrogens (primary N) is 1. The van der Waals surface area contributed by atoms with Crippen molar-refractivity contribution in [3.63, 3.8) is 0 Å². The molecule has 2 heterocycles. The third-order valence-corrected chi connectivity index (χ3v) is 7.94. The summed E-state index contributed by atoms with van der Waals surface area (Å²) in [4.78, 5) is 33.7. The monoisotopic (exact) mass is 588 g/mol. The smallest absolute Gasteiger partial charge is 0.320 e. The SMILES string of the molecule is CC(=O)Nc1cc(-c2cccc(CN(CCCN)C(=O)N3CCOCC3)c2)ccc1N1CCN(c2ccc(F)cc2)CC1. The number of nitrogens with zero attached hydrogens (tertiary/aromatic N) is 4. The van der Waals surface area contributed by atoms with Crippen LogP contribution in [-0.2, 0) is 16.1 Å². The number of hydrogen-bond acceptors (Lipinski definition) is 6. The fraction of sp³-hybridized carbons (Fsp3) is 0.394. The first-order valence-electron chi connectivity index (χ1n) is 15.0. The minimum atomic E-state index is -0.238. The first kappa shape index (κ1) is 30.3. The van der Waals surface area contributed by atoms with Gasteiger partial charge in [-0.25, -0.2) is 9.18 Å². The van der Waals surface area contributed by atoms with Crippen LogP contribution >= 0.6 is 0 Å². The number of benzene rings is 3. The fourth-order valence-corrected chi connectivity index (χ4v) is 5.69. The Labute approximate surface area is 253 Å². The number of amides is 3. The van der Waals surface area contributed by atoms with Crippen molar-refractivity contribution in [1.82, 2.24) is 9.80 Å². The molecule has 3 aromatic rings. The fourth-order valence-electron chi connectivity index (χ4n) is 5.69. The Morgan fingerprint density at radius 2 is 1.60 bits per heavy atom. The molecule has 0 aliphatic carbocycles. The van der Waals surface area contributed by atoms with Crippen LogP contribution in [0.1, 0.15) is 18.9 Å². The zero-order valence-corrected chi connectivity index (χ0v) is 24.8. The molecule has 0 unspecified atom stereocenters. The second-order valence-corrected chi connectivity index (χ2v) is 11.0. The van der Waals surface area contributed by atoms with E-state index >= 15 is 0 Å². The summed E-state index contributed by atoms with van der Waals surface area (Å²) in [5, 5.41) is 3.03. The molecule has 2 aliphatic rings. The number of ether oxygens (including phenoxy) is 1. The van der Waals surface area contributed by atoms with Crippen LogP contribution in [0.15, 0.2) is 66.7 Å². The molecule has 9 nitrogen and oxygen atoms in total. The van der Waals surface area contributed by atoms with Crippen molar-refractivity contribution in [1.29, 1.82) is 0 Å². The summed E-state index contributed by atoms with van der Waals surface area (Å²) in [6.07, 6.45) is 0.732. The van der Waals surface area contributed by atoms with E-state index in [0.29, 0.717) is 45.9 Å². The summed E-state index contributed by atoms with van der Waals surface area (Å²) in [5.74, 6) is -0.368. The van der Waals surface area contributed by atoms with Gasteiger partial charge < -0.3 is 35.4 Å². The van der Waals surface area contributed by atoms with Crippen molar-refractivity contribution < 1.29 is 18.7 Å². The van der Waals surface area contributed by atoms with Crippen LogP contribution < -0.4 is 20.9 Å². The van der Waals surface area contributed by atoms with Gasteiger partial charge in [-0.05, 0) is 72.1 Å². The van der Waals surface area contributed by atoms with Crippen LogP contribution in [0.3, 0.4) is 0 Å². The van der Waals surface area contributed by atoms with Gasteiger partial charge >= 0.3 is 6.03 Å². The minimum Gasteiger partial charge on any atom is -0.378 e. The quantitative estimate of drug-likeness (QED) is 0.386. The Balaban J connectivity index is 1.32. The van der Waals surface area contributed by atoms with Crippen molar-refractivity contribution >= 4 is 29.0 Å². The molecule has 0 radical (unpaired) electrons. The molecular formula is C33H41FN6O3. The number of carbonyl (C=O) groups is 2. The van der Waals surface area contributed by atoms with E-state index in [9.17, 15) is 14.0 Å². The van der Waals surface area contributed by atoms with Crippen LogP contribution in [0.4, 0.5) is 26.2 Å². The predicted octanol–water partition coefficient (Wildman–Crippen LogP) is 4.38. The largest absolute Gasteiger partial charge is 0.378 e. The molecule has 2 aliphatic heterocycles. The maximum absolute atomic E-state index is 13.4. The maximum atomic E-state index is 13.4. The Kier molecular flexibility index (Phi) is 10.1. The van der Waals surface area contributed by atoms with E-state index in [1.807, 2.05) is 46.2 Å². The number of anilines is 3. The predicted molar refractivity (Wildman–Crippen MR) is 169 cm³/mol. The third kappa shape index (κ3) is 7.82. The number of rotatable bonds is 9. The molecular weight excluding hydrogens is 547 g/mol. The minimum absolute atomic E-state index is 0.0129. The van der Waals surface area contributed by atoms with Crippen LogP contribution in [0.25, 0.3) is 11.1 Å². The lowest BCUT2D eigenvalue weighted by molar-refractivity contribution is -0.114. The van der Waals surface area contributed by atoms with E-state index in [1.165, 1.54) is 19.1 Å². The Morgan fingerprint density at radius 1 is 0.907 bits per heavy atom. The molecule has 3 amide bonds. The van der Waals surface area contributed by atoms with E-state index in [4.69, 9.17) is 10.5 Å². The van der Waals surface area contributed by atoms with Gasteiger partial charge in [0.15, 0.2) is 0 Å². The molecule has 0 spiro atoms. The van der Waals surface area contributed by atoms with E-state index in [1.54, 1.807) is 0 Å². The van der Waals surface area contributed by atoms with Gasteiger partial charge in [0.25, 0.3) is 0 Å². The topological polar surface area (TPSA) is 94.4 Å². The normalized spacial score (nSPS) is 15.4. The van der Waals surface area contributed by atoms with Crippen molar-refractivity contribution in [2.75, 3.05) is 80.7 Å². The van der Waals surface area contributed by atoms with E-state index < -0.39 is 0 Å². The summed E-state index contributed by atoms with van der Waals surface area (Å²) in [6, 6.07) is 21.0. The third-order valence-electron chi connectivity index (χ3n) is 7.94. The van der Waals surface area contributed by atoms with E-state index in [0.717, 1.165) is 66.4 Å². The number of carbonyl (C=O) groups excluding carboxylic acids is 2. The molecule has 0 aromatic heterocycles. The number of nitrogens with one attached hydrogen (secondary N) is 1. The lowest BCUT2D eigenvalue weighted by Crippen LogP contribution is -2.48. The Hall–Kier alpha value is -4.15. The molecule has 228 valence electrons. The van der Waals surface area contributed by atoms with Crippen LogP contribution in [-0.4, -0.2) is 87.3 Å². The summed E-state index contributed by atoms with van der Waals surface area (Å²) < 4.78 is 18.8. The Bertz CT molecular complexity index is 1390. The van der Waals surface area contributed by atoms with Gasteiger partial charge in [0.1, 0.15) is 5.82 Å². The Morgan fingerprint density at radius 3 is 2.30 bits per heavy atom. The van der Waals surface area contributed by atoms with Gasteiger partial charge in [-0.2, -0.15) is 0 Å². The first-order valence-corrected chi connectivity index (χ1v) is 15.0. The van der Waals surface area contributed by atoms with Crippen molar-refractivity contribution in [2.45, 2.75) is 19.9 Å². The number of urea groups is 1. The zero-order chi connectivity index (χ0) is 30.2. The average molecular weight is 589 g/mol. The van der Waals surface area contributed by atoms with Crippen molar-refractivity contribution in [2.24, 2.45) is 5.73 Å². The summed E-state index contributed by atoms with van der Waals surface area (Å²) in [6.45, 7) is 8.55. The summed E-state index contributed by atoms with van der Waals surface area (Å²) in [5.41, 5.74) is 11.5. The molecule has 0 saturated carbocycles. The van der Waals surface area contributed by atoms with Crippen LogP contribution in [0.5, 0.6) is 0 Å². The maximum Gasteiger partial charge on any atom is 0.320 e. The number of halogens is 1. The highest BCUT2D eigenvalue weighted by molar-refractivity contribution is 5.94. The highest BCUT2D eigenvalue weighted by Crippen LogP contribution is 2.33. The zero-order valence-electron chi connectivity index (χ0n) is 24.8. The molecule has 2 fully saturated rings. The number of hydrogen-bond donors (Lipinski definition) is 2. The standard InChI is InChI=1S/C33H41FN6O3/c1-25(41)36-31-23-28(6-11-32(31)38-16-14-37(15-17-38)30-9-7-29(34)8-10-30)27-5-2-4-26(22-27)24-40(13-3-12-35)33(42)39-18-20-43-21-19-39/h2,4-11,22-23H,3,12-21,24,35H2,1H3,(H,36,41). The summed E-state index contributed by atoms with van der Waals surface area (Å²) in [7, 11) is 0. The highest BCUT2D eigenvalue weighted by Gasteiger charge is 2.24. The average Bonchev–Trinajstić information content (AvgIpc) is 3.03. The number of morpholine rings is 1. The lowest BCUT2D eigenvalue weighted by atomic mass is 10.0. The highest BCUT2D eigenvalue weighted by atomic mass is 19.1. The molecule has 43 heavy (non-hydrogen) atoms. The molecule has 3 N–H and O–H groups in total. The van der Waals surface area contributed by atoms with Gasteiger partial charge in [0, 0.05) is 65.0 Å². The van der Waals surface area contributed by atoms with E-state index in [2.05, 4.69) is 33.3 Å².